The second-order valence-corrected chi connectivity index (χ2v) is 7.82. The van der Waals surface area contributed by atoms with Crippen molar-refractivity contribution in [2.75, 3.05) is 32.7 Å². The minimum Gasteiger partial charge on any atom is -0.497 e. The molecule has 10 heteroatoms. The molecule has 2 heterocycles. The molecule has 0 aliphatic heterocycles. The number of hydrogen-bond acceptors (Lipinski definition) is 7. The van der Waals surface area contributed by atoms with Gasteiger partial charge in [0.1, 0.15) is 23.4 Å². The van der Waals surface area contributed by atoms with Crippen LogP contribution in [0.3, 0.4) is 0 Å². The first-order valence-corrected chi connectivity index (χ1v) is 11.4. The van der Waals surface area contributed by atoms with Gasteiger partial charge in [-0.15, -0.1) is 0 Å². The largest absolute Gasteiger partial charge is 0.497 e. The Bertz CT molecular complexity index is 1100. The Kier molecular flexibility index (Phi) is 10.0. The molecule has 0 radical (unpaired) electrons. The van der Waals surface area contributed by atoms with Crippen LogP contribution in [0.4, 0.5) is 5.82 Å². The molecule has 2 aromatic heterocycles. The highest BCUT2D eigenvalue weighted by molar-refractivity contribution is 5.94. The molecule has 0 aliphatic rings. The fraction of sp³-hybridized carbons (Fsp3) is 0.308. The van der Waals surface area contributed by atoms with E-state index in [4.69, 9.17) is 13.9 Å². The summed E-state index contributed by atoms with van der Waals surface area (Å²) < 4.78 is 15.7. The van der Waals surface area contributed by atoms with Crippen molar-refractivity contribution in [1.29, 1.82) is 0 Å². The highest BCUT2D eigenvalue weighted by atomic mass is 16.5. The number of anilines is 1. The van der Waals surface area contributed by atoms with E-state index in [0.29, 0.717) is 29.5 Å². The van der Waals surface area contributed by atoms with Crippen LogP contribution in [0.5, 0.6) is 5.75 Å². The van der Waals surface area contributed by atoms with Gasteiger partial charge in [-0.05, 0) is 42.0 Å². The number of hydrogen-bond donors (Lipinski definition) is 2. The predicted molar refractivity (Wildman–Crippen MR) is 132 cm³/mol. The van der Waals surface area contributed by atoms with Crippen molar-refractivity contribution >= 4 is 23.5 Å². The first-order valence-electron chi connectivity index (χ1n) is 11.4. The molecule has 3 amide bonds. The predicted octanol–water partition coefficient (Wildman–Crippen LogP) is 2.93. The van der Waals surface area contributed by atoms with E-state index in [1.54, 1.807) is 67.9 Å². The van der Waals surface area contributed by atoms with Gasteiger partial charge in [0.15, 0.2) is 0 Å². The van der Waals surface area contributed by atoms with E-state index in [1.165, 1.54) is 18.3 Å². The zero-order valence-corrected chi connectivity index (χ0v) is 20.3. The van der Waals surface area contributed by atoms with E-state index >= 15 is 0 Å². The Hall–Kier alpha value is -4.18. The number of aromatic nitrogens is 1. The topological polar surface area (TPSA) is 123 Å². The van der Waals surface area contributed by atoms with Crippen molar-refractivity contribution in [3.05, 3.63) is 78.4 Å². The van der Waals surface area contributed by atoms with Crippen LogP contribution in [0.1, 0.15) is 30.2 Å². The number of carbonyl (C=O) groups excluding carboxylic acids is 3. The highest BCUT2D eigenvalue weighted by Gasteiger charge is 2.32. The lowest BCUT2D eigenvalue weighted by Gasteiger charge is -2.31. The van der Waals surface area contributed by atoms with Gasteiger partial charge in [-0.2, -0.15) is 0 Å². The standard InChI is InChI=1S/C26H30N4O6/c1-34-17-15-28-26(33)25(19-8-10-20(35-2)11-9-19)30(18-21-6-5-16-36-21)24(32)13-12-23(31)29-22-7-3-4-14-27-22/h3-11,14,16,25H,12-13,15,17-18H2,1-2H3,(H,28,33)(H,27,29,31)/t25-/m0/s1. The molecule has 36 heavy (non-hydrogen) atoms. The summed E-state index contributed by atoms with van der Waals surface area (Å²) in [5.74, 6) is 0.402. The van der Waals surface area contributed by atoms with Gasteiger partial charge in [0.25, 0.3) is 0 Å². The van der Waals surface area contributed by atoms with Crippen LogP contribution in [0.15, 0.2) is 71.5 Å². The number of nitrogens with one attached hydrogen (secondary N) is 2. The third-order valence-electron chi connectivity index (χ3n) is 5.32. The molecule has 0 bridgehead atoms. The number of methoxy groups -OCH3 is 2. The summed E-state index contributed by atoms with van der Waals surface area (Å²) in [6, 6.07) is 14.5. The summed E-state index contributed by atoms with van der Waals surface area (Å²) in [6.07, 6.45) is 2.87. The Morgan fingerprint density at radius 3 is 2.47 bits per heavy atom. The molecule has 0 fully saturated rings. The van der Waals surface area contributed by atoms with E-state index < -0.39 is 6.04 Å². The molecule has 190 valence electrons. The summed E-state index contributed by atoms with van der Waals surface area (Å²) in [4.78, 5) is 44.7. The van der Waals surface area contributed by atoms with Gasteiger partial charge in [-0.1, -0.05) is 18.2 Å². The van der Waals surface area contributed by atoms with Crippen LogP contribution in [0.25, 0.3) is 0 Å². The molecule has 1 atom stereocenters. The van der Waals surface area contributed by atoms with E-state index in [0.717, 1.165) is 0 Å². The number of rotatable bonds is 13. The second-order valence-electron chi connectivity index (χ2n) is 7.82. The van der Waals surface area contributed by atoms with E-state index in [2.05, 4.69) is 15.6 Å². The molecule has 2 N–H and O–H groups in total. The third-order valence-corrected chi connectivity index (χ3v) is 5.32. The average molecular weight is 495 g/mol. The number of carbonyl (C=O) groups is 3. The van der Waals surface area contributed by atoms with Crippen LogP contribution >= 0.6 is 0 Å². The molecule has 1 aromatic carbocycles. The lowest BCUT2D eigenvalue weighted by Crippen LogP contribution is -2.44. The van der Waals surface area contributed by atoms with Gasteiger partial charge in [-0.25, -0.2) is 4.98 Å². The van der Waals surface area contributed by atoms with Crippen LogP contribution in [-0.2, 0) is 25.7 Å². The van der Waals surface area contributed by atoms with Crippen LogP contribution < -0.4 is 15.4 Å². The molecule has 10 nitrogen and oxygen atoms in total. The van der Waals surface area contributed by atoms with Crippen molar-refractivity contribution in [3.8, 4) is 5.75 Å². The lowest BCUT2D eigenvalue weighted by molar-refractivity contribution is -0.142. The molecular formula is C26H30N4O6. The number of furan rings is 1. The van der Waals surface area contributed by atoms with Gasteiger partial charge in [0.2, 0.25) is 17.7 Å². The van der Waals surface area contributed by atoms with Crippen molar-refractivity contribution < 1.29 is 28.3 Å². The summed E-state index contributed by atoms with van der Waals surface area (Å²) in [7, 11) is 3.09. The fourth-order valence-corrected chi connectivity index (χ4v) is 3.53. The molecular weight excluding hydrogens is 464 g/mol. The van der Waals surface area contributed by atoms with Crippen molar-refractivity contribution in [1.82, 2.24) is 15.2 Å². The summed E-state index contributed by atoms with van der Waals surface area (Å²) in [5, 5.41) is 5.48. The first kappa shape index (κ1) is 26.4. The SMILES string of the molecule is COCCNC(=O)[C@H](c1ccc(OC)cc1)N(Cc1ccco1)C(=O)CCC(=O)Nc1ccccn1. The zero-order valence-electron chi connectivity index (χ0n) is 20.3. The van der Waals surface area contributed by atoms with Crippen molar-refractivity contribution in [2.24, 2.45) is 0 Å². The molecule has 0 spiro atoms. The number of benzene rings is 1. The van der Waals surface area contributed by atoms with E-state index in [1.807, 2.05) is 0 Å². The minimum atomic E-state index is -0.968. The number of ether oxygens (including phenoxy) is 2. The highest BCUT2D eigenvalue weighted by Crippen LogP contribution is 2.27. The molecule has 0 unspecified atom stereocenters. The average Bonchev–Trinajstić information content (AvgIpc) is 3.41. The maximum Gasteiger partial charge on any atom is 0.247 e. The Morgan fingerprint density at radius 2 is 1.83 bits per heavy atom. The summed E-state index contributed by atoms with van der Waals surface area (Å²) in [6.45, 7) is 0.639. The van der Waals surface area contributed by atoms with Gasteiger partial charge in [0.05, 0.1) is 26.5 Å². The molecule has 3 rings (SSSR count). The fourth-order valence-electron chi connectivity index (χ4n) is 3.53. The van der Waals surface area contributed by atoms with Crippen LogP contribution in [0.2, 0.25) is 0 Å². The van der Waals surface area contributed by atoms with Crippen LogP contribution in [0, 0.1) is 0 Å². The quantitative estimate of drug-likeness (QED) is 0.350. The third kappa shape index (κ3) is 7.67. The van der Waals surface area contributed by atoms with Gasteiger partial charge in [-0.3, -0.25) is 14.4 Å². The van der Waals surface area contributed by atoms with Crippen molar-refractivity contribution in [3.63, 3.8) is 0 Å². The van der Waals surface area contributed by atoms with Gasteiger partial charge >= 0.3 is 0 Å². The van der Waals surface area contributed by atoms with Gasteiger partial charge < -0.3 is 29.4 Å². The Morgan fingerprint density at radius 1 is 1.03 bits per heavy atom. The monoisotopic (exact) mass is 494 g/mol. The first-order chi connectivity index (χ1) is 17.5. The summed E-state index contributed by atoms with van der Waals surface area (Å²) >= 11 is 0. The van der Waals surface area contributed by atoms with Crippen molar-refractivity contribution in [2.45, 2.75) is 25.4 Å². The number of amides is 3. The normalized spacial score (nSPS) is 11.4. The number of nitrogens with zero attached hydrogens (tertiary/aromatic N) is 2. The molecule has 0 saturated heterocycles. The maximum absolute atomic E-state index is 13.5. The lowest BCUT2D eigenvalue weighted by atomic mass is 10.0. The van der Waals surface area contributed by atoms with Crippen LogP contribution in [-0.4, -0.2) is 55.0 Å². The molecule has 0 saturated carbocycles. The van der Waals surface area contributed by atoms with E-state index in [-0.39, 0.29) is 43.7 Å². The Balaban J connectivity index is 1.83. The molecule has 3 aromatic rings. The zero-order chi connectivity index (χ0) is 25.8. The Labute approximate surface area is 209 Å². The smallest absolute Gasteiger partial charge is 0.247 e. The minimum absolute atomic E-state index is 0.0437. The van der Waals surface area contributed by atoms with E-state index in [9.17, 15) is 14.4 Å². The number of pyridine rings is 1. The maximum atomic E-state index is 13.5. The van der Waals surface area contributed by atoms with Gasteiger partial charge in [0, 0.05) is 32.7 Å². The molecule has 0 aliphatic carbocycles. The second kappa shape index (κ2) is 13.6. The summed E-state index contributed by atoms with van der Waals surface area (Å²) in [5.41, 5.74) is 0.587.